The fraction of sp³-hybridized carbons (Fsp3) is 0.769. The van der Waals surface area contributed by atoms with Gasteiger partial charge in [0.15, 0.2) is 0 Å². The summed E-state index contributed by atoms with van der Waals surface area (Å²) in [6.07, 6.45) is 5.78. The second kappa shape index (κ2) is 7.04. The van der Waals surface area contributed by atoms with E-state index in [4.69, 9.17) is 16.3 Å². The Balaban J connectivity index is 1.96. The Morgan fingerprint density at radius 1 is 1.25 bits per heavy atom. The summed E-state index contributed by atoms with van der Waals surface area (Å²) in [5, 5.41) is 13.5. The minimum absolute atomic E-state index is 0.0873. The normalized spacial score (nSPS) is 17.8. The zero-order valence-corrected chi connectivity index (χ0v) is 12.5. The van der Waals surface area contributed by atoms with Crippen molar-refractivity contribution in [3.05, 3.63) is 5.28 Å². The maximum Gasteiger partial charge on any atom is 0.322 e. The summed E-state index contributed by atoms with van der Waals surface area (Å²) < 4.78 is 5.34. The Kier molecular flexibility index (Phi) is 5.37. The van der Waals surface area contributed by atoms with Gasteiger partial charge in [0.1, 0.15) is 0 Å². The Morgan fingerprint density at radius 3 is 2.70 bits per heavy atom. The minimum atomic E-state index is -0.679. The quantitative estimate of drug-likeness (QED) is 0.840. The highest BCUT2D eigenvalue weighted by Gasteiger charge is 2.29. The number of aliphatic hydroxyl groups is 1. The Bertz CT molecular complexity index is 438. The van der Waals surface area contributed by atoms with Gasteiger partial charge in [-0.3, -0.25) is 0 Å². The Hall–Kier alpha value is -1.14. The molecule has 2 N–H and O–H groups in total. The van der Waals surface area contributed by atoms with E-state index in [1.54, 1.807) is 0 Å². The van der Waals surface area contributed by atoms with Crippen LogP contribution in [0.2, 0.25) is 5.28 Å². The van der Waals surface area contributed by atoms with E-state index in [1.165, 1.54) is 6.42 Å². The average Bonchev–Trinajstić information content (AvgIpc) is 2.43. The number of hydrogen-bond acceptors (Lipinski definition) is 6. The molecule has 1 fully saturated rings. The molecule has 0 saturated heterocycles. The Labute approximate surface area is 123 Å². The lowest BCUT2D eigenvalue weighted by molar-refractivity contribution is 0.0165. The maximum absolute atomic E-state index is 10.4. The predicted molar refractivity (Wildman–Crippen MR) is 77.1 cm³/mol. The van der Waals surface area contributed by atoms with Crippen LogP contribution >= 0.6 is 11.6 Å². The van der Waals surface area contributed by atoms with Gasteiger partial charge in [-0.25, -0.2) is 0 Å². The van der Waals surface area contributed by atoms with Gasteiger partial charge in [-0.05, 0) is 30.9 Å². The first kappa shape index (κ1) is 15.3. The number of nitrogens with zero attached hydrogens (tertiary/aromatic N) is 3. The summed E-state index contributed by atoms with van der Waals surface area (Å²) in [4.78, 5) is 12.0. The van der Waals surface area contributed by atoms with Crippen molar-refractivity contribution in [2.75, 3.05) is 18.5 Å². The molecule has 1 saturated carbocycles. The van der Waals surface area contributed by atoms with Crippen LogP contribution in [-0.4, -0.2) is 38.8 Å². The van der Waals surface area contributed by atoms with E-state index in [-0.39, 0.29) is 11.3 Å². The van der Waals surface area contributed by atoms with Crippen molar-refractivity contribution >= 4 is 17.5 Å². The monoisotopic (exact) mass is 300 g/mol. The first-order valence-electron chi connectivity index (χ1n) is 7.12. The molecule has 2 rings (SSSR count). The molecular formula is C13H21ClN4O2. The van der Waals surface area contributed by atoms with Gasteiger partial charge in [-0.15, -0.1) is 0 Å². The fourth-order valence-electron chi connectivity index (χ4n) is 2.30. The van der Waals surface area contributed by atoms with Crippen molar-refractivity contribution in [2.45, 2.75) is 51.0 Å². The van der Waals surface area contributed by atoms with Crippen LogP contribution in [0.25, 0.3) is 0 Å². The third kappa shape index (κ3) is 4.45. The summed E-state index contributed by atoms with van der Waals surface area (Å²) in [5.74, 6) is 0.343. The van der Waals surface area contributed by atoms with Crippen molar-refractivity contribution in [1.29, 1.82) is 0 Å². The van der Waals surface area contributed by atoms with Crippen LogP contribution in [0.3, 0.4) is 0 Å². The molecule has 1 aliphatic rings. The summed E-state index contributed by atoms with van der Waals surface area (Å²) >= 11 is 5.84. The zero-order chi connectivity index (χ0) is 14.4. The summed E-state index contributed by atoms with van der Waals surface area (Å²) in [6.45, 7) is 2.95. The largest absolute Gasteiger partial charge is 0.463 e. The van der Waals surface area contributed by atoms with Gasteiger partial charge in [0.05, 0.1) is 12.2 Å². The second-order valence-corrected chi connectivity index (χ2v) is 5.54. The molecule has 112 valence electrons. The number of ether oxygens (including phenoxy) is 1. The molecule has 20 heavy (non-hydrogen) atoms. The molecule has 6 nitrogen and oxygen atoms in total. The minimum Gasteiger partial charge on any atom is -0.463 e. The van der Waals surface area contributed by atoms with Gasteiger partial charge < -0.3 is 15.2 Å². The molecule has 0 bridgehead atoms. The lowest BCUT2D eigenvalue weighted by Gasteiger charge is -2.32. The number of hydrogen-bond donors (Lipinski definition) is 2. The number of rotatable bonds is 6. The van der Waals surface area contributed by atoms with Gasteiger partial charge in [0.2, 0.25) is 11.2 Å². The van der Waals surface area contributed by atoms with Gasteiger partial charge in [-0.2, -0.15) is 15.0 Å². The van der Waals surface area contributed by atoms with Gasteiger partial charge in [0.25, 0.3) is 0 Å². The molecule has 0 spiro atoms. The lowest BCUT2D eigenvalue weighted by Crippen LogP contribution is -2.39. The fourth-order valence-corrected chi connectivity index (χ4v) is 2.45. The highest BCUT2D eigenvalue weighted by Crippen LogP contribution is 2.28. The van der Waals surface area contributed by atoms with Gasteiger partial charge in [-0.1, -0.05) is 26.2 Å². The van der Waals surface area contributed by atoms with Crippen LogP contribution in [-0.2, 0) is 0 Å². The number of aromatic nitrogens is 3. The van der Waals surface area contributed by atoms with Crippen molar-refractivity contribution in [3.63, 3.8) is 0 Å². The molecule has 0 atom stereocenters. The van der Waals surface area contributed by atoms with Gasteiger partial charge in [0, 0.05) is 6.54 Å². The summed E-state index contributed by atoms with van der Waals surface area (Å²) in [6, 6.07) is 0.213. The molecular weight excluding hydrogens is 280 g/mol. The SMILES string of the molecule is CCCOc1nc(Cl)nc(NCC2(O)CCCCC2)n1. The molecule has 1 aromatic heterocycles. The number of halogens is 1. The van der Waals surface area contributed by atoms with E-state index in [1.807, 2.05) is 6.92 Å². The van der Waals surface area contributed by atoms with Crippen molar-refractivity contribution in [2.24, 2.45) is 0 Å². The first-order chi connectivity index (χ1) is 9.61. The Morgan fingerprint density at radius 2 is 2.00 bits per heavy atom. The molecule has 1 aliphatic carbocycles. The van der Waals surface area contributed by atoms with Gasteiger partial charge >= 0.3 is 6.01 Å². The van der Waals surface area contributed by atoms with E-state index in [0.717, 1.165) is 32.1 Å². The molecule has 0 unspecified atom stereocenters. The lowest BCUT2D eigenvalue weighted by atomic mass is 9.85. The predicted octanol–water partition coefficient (Wildman–Crippen LogP) is 2.42. The highest BCUT2D eigenvalue weighted by molar-refractivity contribution is 6.28. The number of nitrogens with one attached hydrogen (secondary N) is 1. The van der Waals surface area contributed by atoms with Crippen molar-refractivity contribution < 1.29 is 9.84 Å². The van der Waals surface area contributed by atoms with E-state index in [2.05, 4.69) is 20.3 Å². The average molecular weight is 301 g/mol. The highest BCUT2D eigenvalue weighted by atomic mass is 35.5. The van der Waals surface area contributed by atoms with E-state index in [9.17, 15) is 5.11 Å². The smallest absolute Gasteiger partial charge is 0.322 e. The molecule has 7 heteroatoms. The molecule has 0 radical (unpaired) electrons. The summed E-state index contributed by atoms with van der Waals surface area (Å²) in [7, 11) is 0. The topological polar surface area (TPSA) is 80.2 Å². The van der Waals surface area contributed by atoms with Crippen LogP contribution in [0.5, 0.6) is 6.01 Å². The zero-order valence-electron chi connectivity index (χ0n) is 11.7. The van der Waals surface area contributed by atoms with Crippen LogP contribution in [0.4, 0.5) is 5.95 Å². The van der Waals surface area contributed by atoms with E-state index in [0.29, 0.717) is 19.1 Å². The molecule has 0 aromatic carbocycles. The number of anilines is 1. The second-order valence-electron chi connectivity index (χ2n) is 5.20. The van der Waals surface area contributed by atoms with Crippen molar-refractivity contribution in [3.8, 4) is 6.01 Å². The third-order valence-electron chi connectivity index (χ3n) is 3.38. The molecule has 0 aliphatic heterocycles. The summed E-state index contributed by atoms with van der Waals surface area (Å²) in [5.41, 5.74) is -0.679. The molecule has 0 amide bonds. The molecule has 1 aromatic rings. The third-order valence-corrected chi connectivity index (χ3v) is 3.55. The van der Waals surface area contributed by atoms with Crippen LogP contribution in [0, 0.1) is 0 Å². The van der Waals surface area contributed by atoms with E-state index >= 15 is 0 Å². The first-order valence-corrected chi connectivity index (χ1v) is 7.50. The maximum atomic E-state index is 10.4. The van der Waals surface area contributed by atoms with Crippen LogP contribution in [0.15, 0.2) is 0 Å². The van der Waals surface area contributed by atoms with E-state index < -0.39 is 5.60 Å². The van der Waals surface area contributed by atoms with Crippen LogP contribution in [0.1, 0.15) is 45.4 Å². The van der Waals surface area contributed by atoms with Crippen LogP contribution < -0.4 is 10.1 Å². The van der Waals surface area contributed by atoms with Crippen molar-refractivity contribution in [1.82, 2.24) is 15.0 Å². The molecule has 1 heterocycles. The standard InChI is InChI=1S/C13H21ClN4O2/c1-2-8-20-12-17-10(14)16-11(18-12)15-9-13(19)6-4-3-5-7-13/h19H,2-9H2,1H3,(H,15,16,17,18).